The molecular formula is C25H28Cl2N4O6S2. The fourth-order valence-corrected chi connectivity index (χ4v) is 5.92. The van der Waals surface area contributed by atoms with Crippen LogP contribution >= 0.6 is 46.3 Å². The molecule has 0 saturated carbocycles. The third-order valence-corrected chi connectivity index (χ3v) is 7.98. The second-order valence-electron chi connectivity index (χ2n) is 7.96. The number of amides is 1. The van der Waals surface area contributed by atoms with Crippen molar-refractivity contribution in [2.24, 2.45) is 0 Å². The lowest BCUT2D eigenvalue weighted by Gasteiger charge is -2.16. The second kappa shape index (κ2) is 14.0. The van der Waals surface area contributed by atoms with E-state index in [0.717, 1.165) is 11.3 Å². The summed E-state index contributed by atoms with van der Waals surface area (Å²) >= 11 is 14.3. The summed E-state index contributed by atoms with van der Waals surface area (Å²) in [5.41, 5.74) is 0.527. The highest BCUT2D eigenvalue weighted by atomic mass is 35.5. The minimum atomic E-state index is -0.630. The SMILES string of the molecule is CCOC(=O)c1sc(NC(=O)CSc2nnc(C(C)Oc3ccc(Cl)cc3Cl)n2CC)c(C(=O)OCC)c1C. The number of hydrogen-bond acceptors (Lipinski definition) is 10. The molecule has 0 spiro atoms. The van der Waals surface area contributed by atoms with Crippen LogP contribution in [0.25, 0.3) is 0 Å². The molecule has 3 aromatic rings. The van der Waals surface area contributed by atoms with Gasteiger partial charge in [-0.1, -0.05) is 35.0 Å². The van der Waals surface area contributed by atoms with Crippen LogP contribution in [0.3, 0.4) is 0 Å². The summed E-state index contributed by atoms with van der Waals surface area (Å²) in [6.07, 6.45) is -0.484. The van der Waals surface area contributed by atoms with Crippen LogP contribution in [-0.2, 0) is 20.8 Å². The Labute approximate surface area is 244 Å². The molecule has 1 N–H and O–H groups in total. The third-order valence-electron chi connectivity index (χ3n) is 5.30. The largest absolute Gasteiger partial charge is 0.481 e. The Hall–Kier alpha value is -2.80. The molecule has 10 nitrogen and oxygen atoms in total. The van der Waals surface area contributed by atoms with Crippen LogP contribution in [0.4, 0.5) is 5.00 Å². The molecule has 2 aromatic heterocycles. The minimum Gasteiger partial charge on any atom is -0.481 e. The standard InChI is InChI=1S/C25H28Cl2N4O6S2/c1-6-31-21(14(5)37-17-10-9-15(26)11-16(17)27)29-30-25(31)38-12-18(32)28-22-19(23(33)35-7-2)13(4)20(39-22)24(34)36-8-3/h9-11,14H,6-8,12H2,1-5H3,(H,28,32). The molecule has 210 valence electrons. The van der Waals surface area contributed by atoms with E-state index in [4.69, 9.17) is 37.4 Å². The van der Waals surface area contributed by atoms with E-state index in [0.29, 0.717) is 38.9 Å². The van der Waals surface area contributed by atoms with Gasteiger partial charge in [-0.15, -0.1) is 21.5 Å². The summed E-state index contributed by atoms with van der Waals surface area (Å²) < 4.78 is 18.0. The lowest BCUT2D eigenvalue weighted by Crippen LogP contribution is -2.17. The molecule has 39 heavy (non-hydrogen) atoms. The van der Waals surface area contributed by atoms with Crippen LogP contribution in [0.15, 0.2) is 23.4 Å². The number of hydrogen-bond donors (Lipinski definition) is 1. The zero-order chi connectivity index (χ0) is 28.7. The molecule has 0 bridgehead atoms. The van der Waals surface area contributed by atoms with Crippen molar-refractivity contribution in [1.82, 2.24) is 14.8 Å². The average molecular weight is 616 g/mol. The van der Waals surface area contributed by atoms with Crippen molar-refractivity contribution in [2.45, 2.75) is 52.4 Å². The van der Waals surface area contributed by atoms with Crippen LogP contribution in [-0.4, -0.2) is 51.6 Å². The summed E-state index contributed by atoms with van der Waals surface area (Å²) in [4.78, 5) is 38.1. The fourth-order valence-electron chi connectivity index (χ4n) is 3.55. The minimum absolute atomic E-state index is 0.0235. The number of thioether (sulfide) groups is 1. The highest BCUT2D eigenvalue weighted by Crippen LogP contribution is 2.35. The highest BCUT2D eigenvalue weighted by Gasteiger charge is 2.28. The van der Waals surface area contributed by atoms with Gasteiger partial charge in [0.2, 0.25) is 5.91 Å². The van der Waals surface area contributed by atoms with Gasteiger partial charge in [0.25, 0.3) is 0 Å². The van der Waals surface area contributed by atoms with Crippen molar-refractivity contribution in [1.29, 1.82) is 0 Å². The monoisotopic (exact) mass is 614 g/mol. The molecule has 3 rings (SSSR count). The van der Waals surface area contributed by atoms with E-state index in [1.807, 2.05) is 18.4 Å². The van der Waals surface area contributed by atoms with Crippen molar-refractivity contribution in [3.05, 3.63) is 50.1 Å². The summed E-state index contributed by atoms with van der Waals surface area (Å²) in [5.74, 6) is -0.603. The van der Waals surface area contributed by atoms with Crippen molar-refractivity contribution < 1.29 is 28.6 Å². The lowest BCUT2D eigenvalue weighted by molar-refractivity contribution is -0.113. The van der Waals surface area contributed by atoms with Gasteiger partial charge in [0.15, 0.2) is 17.1 Å². The Morgan fingerprint density at radius 1 is 1.10 bits per heavy atom. The van der Waals surface area contributed by atoms with Crippen LogP contribution in [0.1, 0.15) is 65.2 Å². The first-order valence-electron chi connectivity index (χ1n) is 12.1. The molecular weight excluding hydrogens is 587 g/mol. The molecule has 1 amide bonds. The Morgan fingerprint density at radius 2 is 1.79 bits per heavy atom. The molecule has 0 fully saturated rings. The molecule has 14 heteroatoms. The molecule has 0 radical (unpaired) electrons. The van der Waals surface area contributed by atoms with E-state index >= 15 is 0 Å². The first kappa shape index (κ1) is 30.7. The zero-order valence-corrected chi connectivity index (χ0v) is 25.1. The summed E-state index contributed by atoms with van der Waals surface area (Å²) in [6.45, 7) is 9.59. The van der Waals surface area contributed by atoms with Crippen molar-refractivity contribution in [2.75, 3.05) is 24.3 Å². The number of nitrogens with zero attached hydrogens (tertiary/aromatic N) is 3. The van der Waals surface area contributed by atoms with Gasteiger partial charge >= 0.3 is 11.9 Å². The molecule has 0 aliphatic carbocycles. The molecule has 0 aliphatic rings. The average Bonchev–Trinajstić information content (AvgIpc) is 3.45. The highest BCUT2D eigenvalue weighted by molar-refractivity contribution is 7.99. The van der Waals surface area contributed by atoms with E-state index in [1.165, 1.54) is 11.8 Å². The molecule has 1 aromatic carbocycles. The van der Waals surface area contributed by atoms with E-state index in [1.54, 1.807) is 39.0 Å². The maximum absolute atomic E-state index is 12.9. The first-order chi connectivity index (χ1) is 18.6. The zero-order valence-electron chi connectivity index (χ0n) is 22.0. The van der Waals surface area contributed by atoms with Crippen LogP contribution in [0.2, 0.25) is 10.0 Å². The molecule has 1 unspecified atom stereocenters. The predicted molar refractivity (Wildman–Crippen MR) is 152 cm³/mol. The Morgan fingerprint density at radius 3 is 2.44 bits per heavy atom. The smallest absolute Gasteiger partial charge is 0.348 e. The quantitative estimate of drug-likeness (QED) is 0.188. The summed E-state index contributed by atoms with van der Waals surface area (Å²) in [7, 11) is 0. The number of rotatable bonds is 12. The van der Waals surface area contributed by atoms with Gasteiger partial charge in [-0.05, 0) is 58.4 Å². The second-order valence-corrected chi connectivity index (χ2v) is 10.8. The van der Waals surface area contributed by atoms with Crippen molar-refractivity contribution in [3.63, 3.8) is 0 Å². The predicted octanol–water partition coefficient (Wildman–Crippen LogP) is 6.20. The first-order valence-corrected chi connectivity index (χ1v) is 14.6. The molecule has 0 saturated heterocycles. The normalized spacial score (nSPS) is 11.7. The number of benzene rings is 1. The number of anilines is 1. The van der Waals surface area contributed by atoms with E-state index < -0.39 is 23.9 Å². The van der Waals surface area contributed by atoms with Crippen LogP contribution in [0, 0.1) is 6.92 Å². The summed E-state index contributed by atoms with van der Waals surface area (Å²) in [5, 5.41) is 12.8. The van der Waals surface area contributed by atoms with E-state index in [2.05, 4.69) is 15.5 Å². The van der Waals surface area contributed by atoms with E-state index in [9.17, 15) is 14.4 Å². The number of esters is 2. The number of carbonyl (C=O) groups is 3. The number of nitrogens with one attached hydrogen (secondary N) is 1. The van der Waals surface area contributed by atoms with E-state index in [-0.39, 0.29) is 34.4 Å². The lowest BCUT2D eigenvalue weighted by atomic mass is 10.1. The Balaban J connectivity index is 1.73. The van der Waals surface area contributed by atoms with Gasteiger partial charge in [-0.2, -0.15) is 0 Å². The number of carbonyl (C=O) groups excluding carboxylic acids is 3. The maximum Gasteiger partial charge on any atom is 0.348 e. The maximum atomic E-state index is 12.9. The van der Waals surface area contributed by atoms with Gasteiger partial charge < -0.3 is 24.1 Å². The Kier molecular flexibility index (Phi) is 11.0. The van der Waals surface area contributed by atoms with Crippen LogP contribution in [0.5, 0.6) is 5.75 Å². The van der Waals surface area contributed by atoms with Gasteiger partial charge in [0, 0.05) is 11.6 Å². The third kappa shape index (κ3) is 7.44. The Bertz CT molecular complexity index is 1360. The van der Waals surface area contributed by atoms with Crippen molar-refractivity contribution >= 4 is 69.1 Å². The van der Waals surface area contributed by atoms with Gasteiger partial charge in [0.05, 0.1) is 29.6 Å². The number of halogens is 2. The summed E-state index contributed by atoms with van der Waals surface area (Å²) in [6, 6.07) is 4.95. The molecule has 0 aliphatic heterocycles. The van der Waals surface area contributed by atoms with Gasteiger partial charge in [-0.25, -0.2) is 9.59 Å². The topological polar surface area (TPSA) is 122 Å². The molecule has 1 atom stereocenters. The van der Waals surface area contributed by atoms with Gasteiger partial charge in [0.1, 0.15) is 15.6 Å². The van der Waals surface area contributed by atoms with Crippen molar-refractivity contribution in [3.8, 4) is 5.75 Å². The number of ether oxygens (including phenoxy) is 3. The van der Waals surface area contributed by atoms with Crippen LogP contribution < -0.4 is 10.1 Å². The van der Waals surface area contributed by atoms with Gasteiger partial charge in [-0.3, -0.25) is 4.79 Å². The number of aromatic nitrogens is 3. The molecule has 2 heterocycles. The number of thiophene rings is 1. The fraction of sp³-hybridized carbons (Fsp3) is 0.400.